The predicted octanol–water partition coefficient (Wildman–Crippen LogP) is 3.27. The number of benzene rings is 2. The quantitative estimate of drug-likeness (QED) is 0.568. The summed E-state index contributed by atoms with van der Waals surface area (Å²) < 4.78 is 21.0. The number of carbonyl (C=O) groups excluding carboxylic acids is 1. The molecular formula is C20H24N2O5. The normalized spacial score (nSPS) is 10.9. The van der Waals surface area contributed by atoms with Gasteiger partial charge in [0, 0.05) is 5.56 Å². The van der Waals surface area contributed by atoms with Gasteiger partial charge >= 0.3 is 0 Å². The van der Waals surface area contributed by atoms with Crippen molar-refractivity contribution in [2.75, 3.05) is 28.4 Å². The molecule has 7 nitrogen and oxygen atoms in total. The summed E-state index contributed by atoms with van der Waals surface area (Å²) in [7, 11) is 6.11. The van der Waals surface area contributed by atoms with E-state index in [-0.39, 0.29) is 5.91 Å². The molecule has 7 heteroatoms. The molecule has 27 heavy (non-hydrogen) atoms. The minimum absolute atomic E-state index is 0.346. The van der Waals surface area contributed by atoms with Gasteiger partial charge in [0.05, 0.1) is 34.2 Å². The highest BCUT2D eigenvalue weighted by atomic mass is 16.5. The number of carbonyl (C=O) groups is 1. The average molecular weight is 372 g/mol. The zero-order valence-corrected chi connectivity index (χ0v) is 16.2. The third kappa shape index (κ3) is 4.69. The number of hydrogen-bond donors (Lipinski definition) is 1. The number of amides is 1. The maximum atomic E-state index is 12.5. The van der Waals surface area contributed by atoms with Gasteiger partial charge in [-0.25, -0.2) is 5.43 Å². The summed E-state index contributed by atoms with van der Waals surface area (Å²) >= 11 is 0. The molecule has 0 aromatic heterocycles. The summed E-state index contributed by atoms with van der Waals surface area (Å²) in [6, 6.07) is 10.6. The van der Waals surface area contributed by atoms with Crippen LogP contribution in [0.3, 0.4) is 0 Å². The Kier molecular flexibility index (Phi) is 7.05. The van der Waals surface area contributed by atoms with Gasteiger partial charge in [-0.15, -0.1) is 0 Å². The topological polar surface area (TPSA) is 78.4 Å². The highest BCUT2D eigenvalue weighted by molar-refractivity contribution is 6.02. The van der Waals surface area contributed by atoms with Gasteiger partial charge in [-0.2, -0.15) is 5.10 Å². The fraction of sp³-hybridized carbons (Fsp3) is 0.300. The molecule has 1 N–H and O–H groups in total. The summed E-state index contributed by atoms with van der Waals surface area (Å²) in [6.45, 7) is 1.97. The molecule has 0 aliphatic carbocycles. The molecule has 0 spiro atoms. The molecule has 0 aliphatic heterocycles. The van der Waals surface area contributed by atoms with Gasteiger partial charge in [0.2, 0.25) is 5.75 Å². The highest BCUT2D eigenvalue weighted by Gasteiger charge is 2.17. The predicted molar refractivity (Wildman–Crippen MR) is 103 cm³/mol. The van der Waals surface area contributed by atoms with Crippen molar-refractivity contribution in [3.05, 3.63) is 47.5 Å². The standard InChI is InChI=1S/C20H24N2O5/c1-6-16(13-7-9-15(24-2)10-8-13)21-22-20(23)14-11-17(25-3)19(27-5)18(12-14)26-4/h7-12H,6H2,1-5H3,(H,22,23)/b21-16-. The first-order chi connectivity index (χ1) is 13.1. The fourth-order valence-electron chi connectivity index (χ4n) is 2.53. The zero-order chi connectivity index (χ0) is 19.8. The lowest BCUT2D eigenvalue weighted by Crippen LogP contribution is -2.20. The number of ether oxygens (including phenoxy) is 4. The first-order valence-electron chi connectivity index (χ1n) is 8.39. The van der Waals surface area contributed by atoms with E-state index in [0.717, 1.165) is 17.0 Å². The molecule has 144 valence electrons. The Morgan fingerprint density at radius 1 is 0.889 bits per heavy atom. The van der Waals surface area contributed by atoms with Crippen LogP contribution in [0.25, 0.3) is 0 Å². The van der Waals surface area contributed by atoms with Crippen molar-refractivity contribution in [1.82, 2.24) is 5.43 Å². The molecule has 0 atom stereocenters. The fourth-order valence-corrected chi connectivity index (χ4v) is 2.53. The molecule has 0 saturated carbocycles. The van der Waals surface area contributed by atoms with Crippen LogP contribution in [0.1, 0.15) is 29.3 Å². The van der Waals surface area contributed by atoms with E-state index in [2.05, 4.69) is 10.5 Å². The molecule has 1 amide bonds. The summed E-state index contributed by atoms with van der Waals surface area (Å²) in [6.07, 6.45) is 0.655. The number of hydrazone groups is 1. The van der Waals surface area contributed by atoms with Crippen molar-refractivity contribution in [2.24, 2.45) is 5.10 Å². The average Bonchev–Trinajstić information content (AvgIpc) is 2.73. The molecule has 0 heterocycles. The Morgan fingerprint density at radius 2 is 1.48 bits per heavy atom. The Morgan fingerprint density at radius 3 is 1.93 bits per heavy atom. The van der Waals surface area contributed by atoms with Gasteiger partial charge in [-0.1, -0.05) is 6.92 Å². The lowest BCUT2D eigenvalue weighted by Gasteiger charge is -2.13. The van der Waals surface area contributed by atoms with E-state index in [1.165, 1.54) is 21.3 Å². The lowest BCUT2D eigenvalue weighted by atomic mass is 10.1. The van der Waals surface area contributed by atoms with Crippen LogP contribution in [0.5, 0.6) is 23.0 Å². The van der Waals surface area contributed by atoms with E-state index >= 15 is 0 Å². The maximum absolute atomic E-state index is 12.5. The maximum Gasteiger partial charge on any atom is 0.271 e. The number of rotatable bonds is 8. The molecule has 0 unspecified atom stereocenters. The molecule has 0 radical (unpaired) electrons. The Labute approximate surface area is 158 Å². The lowest BCUT2D eigenvalue weighted by molar-refractivity contribution is 0.0954. The molecule has 0 bridgehead atoms. The Balaban J connectivity index is 2.25. The molecule has 2 aromatic rings. The van der Waals surface area contributed by atoms with Gasteiger partial charge in [0.1, 0.15) is 5.75 Å². The van der Waals surface area contributed by atoms with Crippen LogP contribution >= 0.6 is 0 Å². The van der Waals surface area contributed by atoms with E-state index in [1.807, 2.05) is 31.2 Å². The molecule has 0 saturated heterocycles. The minimum atomic E-state index is -0.381. The van der Waals surface area contributed by atoms with Crippen LogP contribution in [0.2, 0.25) is 0 Å². The summed E-state index contributed by atoms with van der Waals surface area (Å²) in [5, 5.41) is 4.26. The number of nitrogens with one attached hydrogen (secondary N) is 1. The van der Waals surface area contributed by atoms with Gasteiger partial charge in [0.15, 0.2) is 11.5 Å². The van der Waals surface area contributed by atoms with E-state index in [0.29, 0.717) is 29.2 Å². The molecular weight excluding hydrogens is 348 g/mol. The number of hydrogen-bond acceptors (Lipinski definition) is 6. The SMILES string of the molecule is CC/C(=N/NC(=O)c1cc(OC)c(OC)c(OC)c1)c1ccc(OC)cc1. The van der Waals surface area contributed by atoms with Gasteiger partial charge in [-0.3, -0.25) is 4.79 Å². The largest absolute Gasteiger partial charge is 0.497 e. The first-order valence-corrected chi connectivity index (χ1v) is 8.39. The van der Waals surface area contributed by atoms with E-state index in [4.69, 9.17) is 18.9 Å². The second kappa shape index (κ2) is 9.47. The monoisotopic (exact) mass is 372 g/mol. The van der Waals surface area contributed by atoms with Crippen LogP contribution in [-0.4, -0.2) is 40.1 Å². The van der Waals surface area contributed by atoms with Crippen LogP contribution in [0.15, 0.2) is 41.5 Å². The first kappa shape index (κ1) is 20.1. The third-order valence-corrected chi connectivity index (χ3v) is 3.98. The summed E-state index contributed by atoms with van der Waals surface area (Å²) in [5.41, 5.74) is 4.58. The highest BCUT2D eigenvalue weighted by Crippen LogP contribution is 2.38. The van der Waals surface area contributed by atoms with Crippen molar-refractivity contribution >= 4 is 11.6 Å². The Bertz CT molecular complexity index is 791. The van der Waals surface area contributed by atoms with Crippen LogP contribution in [0.4, 0.5) is 0 Å². The van der Waals surface area contributed by atoms with Gasteiger partial charge in [0.25, 0.3) is 5.91 Å². The zero-order valence-electron chi connectivity index (χ0n) is 16.2. The van der Waals surface area contributed by atoms with Gasteiger partial charge < -0.3 is 18.9 Å². The summed E-state index contributed by atoms with van der Waals surface area (Å²) in [5.74, 6) is 1.60. The minimum Gasteiger partial charge on any atom is -0.497 e. The Hall–Kier alpha value is -3.22. The smallest absolute Gasteiger partial charge is 0.271 e. The molecule has 2 rings (SSSR count). The second-order valence-corrected chi connectivity index (χ2v) is 5.50. The van der Waals surface area contributed by atoms with Crippen molar-refractivity contribution in [1.29, 1.82) is 0 Å². The third-order valence-electron chi connectivity index (χ3n) is 3.98. The summed E-state index contributed by atoms with van der Waals surface area (Å²) in [4.78, 5) is 12.5. The van der Waals surface area contributed by atoms with Gasteiger partial charge in [-0.05, 0) is 48.4 Å². The van der Waals surface area contributed by atoms with Crippen LogP contribution in [0, 0.1) is 0 Å². The molecule has 0 fully saturated rings. The van der Waals surface area contributed by atoms with Crippen LogP contribution in [-0.2, 0) is 0 Å². The number of nitrogens with zero attached hydrogens (tertiary/aromatic N) is 1. The molecule has 2 aromatic carbocycles. The van der Waals surface area contributed by atoms with Crippen molar-refractivity contribution in [3.63, 3.8) is 0 Å². The molecule has 0 aliphatic rings. The number of methoxy groups -OCH3 is 4. The second-order valence-electron chi connectivity index (χ2n) is 5.50. The van der Waals surface area contributed by atoms with E-state index in [1.54, 1.807) is 19.2 Å². The van der Waals surface area contributed by atoms with E-state index in [9.17, 15) is 4.79 Å². The van der Waals surface area contributed by atoms with Crippen molar-refractivity contribution in [2.45, 2.75) is 13.3 Å². The van der Waals surface area contributed by atoms with Crippen LogP contribution < -0.4 is 24.4 Å². The van der Waals surface area contributed by atoms with Crippen molar-refractivity contribution < 1.29 is 23.7 Å². The van der Waals surface area contributed by atoms with E-state index < -0.39 is 0 Å². The van der Waals surface area contributed by atoms with Crippen molar-refractivity contribution in [3.8, 4) is 23.0 Å².